The summed E-state index contributed by atoms with van der Waals surface area (Å²) < 4.78 is 6.36. The Bertz CT molecular complexity index is 2130. The lowest BCUT2D eigenvalue weighted by Crippen LogP contribution is -2.11. The standard InChI is InChI=1S/C38H25NO/c1-3-11-30-24(8-1)20-26-16-17-28(22-34(26)30)39(29-18-19-33-32-13-5-6-15-36(32)40-37(33)23-29)35-14-7-10-27-21-25-9-2-4-12-31(25)38(27)35/h1-19,22-23H,20-21H2. The zero-order valence-electron chi connectivity index (χ0n) is 21.9. The molecule has 9 rings (SSSR count). The second-order valence-electron chi connectivity index (χ2n) is 10.9. The summed E-state index contributed by atoms with van der Waals surface area (Å²) in [5.74, 6) is 0. The summed E-state index contributed by atoms with van der Waals surface area (Å²) in [5.41, 5.74) is 16.2. The van der Waals surface area contributed by atoms with Crippen LogP contribution in [-0.4, -0.2) is 0 Å². The maximum absolute atomic E-state index is 6.36. The Hall–Kier alpha value is -5.08. The highest BCUT2D eigenvalue weighted by atomic mass is 16.3. The molecule has 188 valence electrons. The zero-order chi connectivity index (χ0) is 26.2. The van der Waals surface area contributed by atoms with E-state index in [4.69, 9.17) is 4.42 Å². The molecule has 0 fully saturated rings. The summed E-state index contributed by atoms with van der Waals surface area (Å²) in [6.07, 6.45) is 1.96. The van der Waals surface area contributed by atoms with E-state index in [1.54, 1.807) is 0 Å². The number of fused-ring (bicyclic) bond motifs is 9. The predicted octanol–water partition coefficient (Wildman–Crippen LogP) is 10.2. The van der Waals surface area contributed by atoms with Gasteiger partial charge in [0.25, 0.3) is 0 Å². The van der Waals surface area contributed by atoms with E-state index in [0.29, 0.717) is 0 Å². The maximum atomic E-state index is 6.36. The molecule has 0 bridgehead atoms. The largest absolute Gasteiger partial charge is 0.456 e. The lowest BCUT2D eigenvalue weighted by atomic mass is 10.00. The number of benzene rings is 6. The molecule has 2 heteroatoms. The Kier molecular flexibility index (Phi) is 4.48. The smallest absolute Gasteiger partial charge is 0.137 e. The number of nitrogens with zero attached hydrogens (tertiary/aromatic N) is 1. The van der Waals surface area contributed by atoms with Gasteiger partial charge in [-0.05, 0) is 88.2 Å². The van der Waals surface area contributed by atoms with Gasteiger partial charge in [-0.2, -0.15) is 0 Å². The molecule has 0 atom stereocenters. The Morgan fingerprint density at radius 2 is 1.10 bits per heavy atom. The quantitative estimate of drug-likeness (QED) is 0.235. The van der Waals surface area contributed by atoms with Crippen molar-refractivity contribution in [3.8, 4) is 22.3 Å². The highest BCUT2D eigenvalue weighted by Crippen LogP contribution is 2.49. The maximum Gasteiger partial charge on any atom is 0.137 e. The van der Waals surface area contributed by atoms with E-state index in [1.165, 1.54) is 50.2 Å². The van der Waals surface area contributed by atoms with Crippen LogP contribution in [0, 0.1) is 0 Å². The van der Waals surface area contributed by atoms with Crippen LogP contribution in [0.3, 0.4) is 0 Å². The average molecular weight is 512 g/mol. The SMILES string of the molecule is c1ccc2c(c1)Cc1ccc(N(c3ccc4c(c3)oc3ccccc34)c3cccc4c3-c3ccccc3C4)cc1-2. The molecular formula is C38H25NO. The first-order valence-corrected chi connectivity index (χ1v) is 13.9. The van der Waals surface area contributed by atoms with E-state index in [2.05, 4.69) is 120 Å². The van der Waals surface area contributed by atoms with Crippen molar-refractivity contribution in [1.82, 2.24) is 0 Å². The summed E-state index contributed by atoms with van der Waals surface area (Å²) in [7, 11) is 0. The number of hydrogen-bond acceptors (Lipinski definition) is 2. The summed E-state index contributed by atoms with van der Waals surface area (Å²) >= 11 is 0. The fourth-order valence-corrected chi connectivity index (χ4v) is 6.89. The molecule has 40 heavy (non-hydrogen) atoms. The van der Waals surface area contributed by atoms with Crippen molar-refractivity contribution in [3.63, 3.8) is 0 Å². The summed E-state index contributed by atoms with van der Waals surface area (Å²) in [6.45, 7) is 0. The van der Waals surface area contributed by atoms with Crippen LogP contribution in [0.15, 0.2) is 132 Å². The normalized spacial score (nSPS) is 12.8. The van der Waals surface area contributed by atoms with Crippen LogP contribution in [0.25, 0.3) is 44.2 Å². The van der Waals surface area contributed by atoms with Crippen molar-refractivity contribution >= 4 is 39.0 Å². The van der Waals surface area contributed by atoms with Crippen LogP contribution < -0.4 is 4.90 Å². The monoisotopic (exact) mass is 511 g/mol. The minimum atomic E-state index is 0.906. The van der Waals surface area contributed by atoms with Gasteiger partial charge >= 0.3 is 0 Å². The van der Waals surface area contributed by atoms with Crippen molar-refractivity contribution in [1.29, 1.82) is 0 Å². The molecule has 2 aliphatic carbocycles. The predicted molar refractivity (Wildman–Crippen MR) is 165 cm³/mol. The lowest BCUT2D eigenvalue weighted by molar-refractivity contribution is 0.669. The molecule has 0 saturated heterocycles. The van der Waals surface area contributed by atoms with E-state index in [1.807, 2.05) is 12.1 Å². The highest BCUT2D eigenvalue weighted by molar-refractivity contribution is 6.06. The molecule has 7 aromatic rings. The highest BCUT2D eigenvalue weighted by Gasteiger charge is 2.27. The first kappa shape index (κ1) is 21.8. The zero-order valence-corrected chi connectivity index (χ0v) is 21.9. The minimum absolute atomic E-state index is 0.906. The fraction of sp³-hybridized carbons (Fsp3) is 0.0526. The molecule has 0 spiro atoms. The van der Waals surface area contributed by atoms with Crippen molar-refractivity contribution < 1.29 is 4.42 Å². The van der Waals surface area contributed by atoms with E-state index in [0.717, 1.165) is 46.2 Å². The summed E-state index contributed by atoms with van der Waals surface area (Å²) in [4.78, 5) is 2.43. The van der Waals surface area contributed by atoms with E-state index >= 15 is 0 Å². The van der Waals surface area contributed by atoms with Gasteiger partial charge in [-0.15, -0.1) is 0 Å². The number of furan rings is 1. The number of para-hydroxylation sites is 1. The van der Waals surface area contributed by atoms with Gasteiger partial charge in [0, 0.05) is 33.8 Å². The third kappa shape index (κ3) is 3.11. The third-order valence-corrected chi connectivity index (χ3v) is 8.70. The second-order valence-corrected chi connectivity index (χ2v) is 10.9. The lowest BCUT2D eigenvalue weighted by Gasteiger charge is -2.28. The first-order valence-electron chi connectivity index (χ1n) is 13.9. The van der Waals surface area contributed by atoms with Gasteiger partial charge in [0.05, 0.1) is 5.69 Å². The van der Waals surface area contributed by atoms with Gasteiger partial charge < -0.3 is 9.32 Å². The van der Waals surface area contributed by atoms with Crippen molar-refractivity contribution in [2.45, 2.75) is 12.8 Å². The van der Waals surface area contributed by atoms with Gasteiger partial charge in [0.2, 0.25) is 0 Å². The van der Waals surface area contributed by atoms with Crippen molar-refractivity contribution in [2.75, 3.05) is 4.90 Å². The van der Waals surface area contributed by atoms with Gasteiger partial charge in [-0.3, -0.25) is 0 Å². The molecule has 1 heterocycles. The van der Waals surface area contributed by atoms with Crippen LogP contribution in [-0.2, 0) is 12.8 Å². The van der Waals surface area contributed by atoms with Crippen molar-refractivity contribution in [2.24, 2.45) is 0 Å². The summed E-state index contributed by atoms with van der Waals surface area (Å²) in [6, 6.07) is 46.3. The molecule has 0 saturated carbocycles. The average Bonchev–Trinajstić information content (AvgIpc) is 3.68. The van der Waals surface area contributed by atoms with Crippen LogP contribution in [0.1, 0.15) is 22.3 Å². The second kappa shape index (κ2) is 8.21. The van der Waals surface area contributed by atoms with E-state index in [-0.39, 0.29) is 0 Å². The van der Waals surface area contributed by atoms with E-state index < -0.39 is 0 Å². The Morgan fingerprint density at radius 3 is 2.02 bits per heavy atom. The Labute approximate surface area is 232 Å². The van der Waals surface area contributed by atoms with Gasteiger partial charge in [-0.25, -0.2) is 0 Å². The van der Waals surface area contributed by atoms with Crippen molar-refractivity contribution in [3.05, 3.63) is 150 Å². The topological polar surface area (TPSA) is 16.4 Å². The molecule has 0 N–H and O–H groups in total. The molecule has 0 amide bonds. The van der Waals surface area contributed by atoms with Gasteiger partial charge in [0.1, 0.15) is 11.2 Å². The molecule has 2 nitrogen and oxygen atoms in total. The van der Waals surface area contributed by atoms with Crippen LogP contribution in [0.2, 0.25) is 0 Å². The first-order chi connectivity index (χ1) is 19.8. The molecular weight excluding hydrogens is 486 g/mol. The number of anilines is 3. The molecule has 0 radical (unpaired) electrons. The molecule has 1 aromatic heterocycles. The van der Waals surface area contributed by atoms with Gasteiger partial charge in [0.15, 0.2) is 0 Å². The number of rotatable bonds is 3. The van der Waals surface area contributed by atoms with Gasteiger partial charge in [-0.1, -0.05) is 84.9 Å². The molecule has 2 aliphatic rings. The Morgan fingerprint density at radius 1 is 0.450 bits per heavy atom. The molecule has 0 aliphatic heterocycles. The van der Waals surface area contributed by atoms with Crippen LogP contribution in [0.5, 0.6) is 0 Å². The molecule has 6 aromatic carbocycles. The number of hydrogen-bond donors (Lipinski definition) is 0. The fourth-order valence-electron chi connectivity index (χ4n) is 6.89. The summed E-state index contributed by atoms with van der Waals surface area (Å²) in [5, 5.41) is 2.30. The minimum Gasteiger partial charge on any atom is -0.456 e. The third-order valence-electron chi connectivity index (χ3n) is 8.70. The molecule has 0 unspecified atom stereocenters. The Balaban J connectivity index is 1.30. The van der Waals surface area contributed by atoms with Crippen LogP contribution >= 0.6 is 0 Å². The van der Waals surface area contributed by atoms with Crippen LogP contribution in [0.4, 0.5) is 17.1 Å². The van der Waals surface area contributed by atoms with E-state index in [9.17, 15) is 0 Å².